The van der Waals surface area contributed by atoms with Gasteiger partial charge in [0.15, 0.2) is 0 Å². The van der Waals surface area contributed by atoms with Gasteiger partial charge in [-0.25, -0.2) is 0 Å². The van der Waals surface area contributed by atoms with Crippen molar-refractivity contribution in [1.29, 1.82) is 0 Å². The van der Waals surface area contributed by atoms with E-state index in [9.17, 15) is 0 Å². The van der Waals surface area contributed by atoms with Crippen LogP contribution in [-0.4, -0.2) is 25.9 Å². The molecule has 7 heteroatoms. The van der Waals surface area contributed by atoms with Crippen molar-refractivity contribution in [3.05, 3.63) is 200 Å². The van der Waals surface area contributed by atoms with Gasteiger partial charge in [-0.2, -0.15) is 0 Å². The molecule has 1 aromatic heterocycles. The molecule has 3 heterocycles. The zero-order valence-corrected chi connectivity index (χ0v) is 37.3. The first kappa shape index (κ1) is 38.9. The molecule has 0 radical (unpaired) electrons. The fourth-order valence-electron chi connectivity index (χ4n) is 7.71. The Labute approximate surface area is 371 Å². The average molecular weight is 1060 g/mol. The van der Waals surface area contributed by atoms with Crippen LogP contribution >= 0.6 is 0 Å². The minimum Gasteiger partial charge on any atom is 0 e. The van der Waals surface area contributed by atoms with E-state index in [-0.39, 0.29) is 26.5 Å². The van der Waals surface area contributed by atoms with Gasteiger partial charge in [0.25, 0.3) is 0 Å². The van der Waals surface area contributed by atoms with E-state index in [0.717, 1.165) is 62.2 Å². The summed E-state index contributed by atoms with van der Waals surface area (Å²) in [5, 5.41) is 0. The van der Waals surface area contributed by atoms with Crippen LogP contribution in [0.1, 0.15) is 26.3 Å². The van der Waals surface area contributed by atoms with Gasteiger partial charge in [-0.05, 0) is 11.1 Å². The molecule has 292 valence electrons. The average Bonchev–Trinajstić information content (AvgIpc) is 3.65. The number of anilines is 7. The molecular formula is C52H39N4OPtTe-3. The van der Waals surface area contributed by atoms with Gasteiger partial charge in [0.05, 0.1) is 0 Å². The summed E-state index contributed by atoms with van der Waals surface area (Å²) in [5.41, 5.74) is 12.1. The summed E-state index contributed by atoms with van der Waals surface area (Å²) in [6.07, 6.45) is 1.92. The van der Waals surface area contributed by atoms with Gasteiger partial charge in [-0.15, -0.1) is 0 Å². The van der Waals surface area contributed by atoms with Gasteiger partial charge in [0.2, 0.25) is 0 Å². The molecule has 2 aliphatic heterocycles. The van der Waals surface area contributed by atoms with E-state index in [2.05, 4.69) is 206 Å². The largest absolute Gasteiger partial charge is 0 e. The topological polar surface area (TPSA) is 31.8 Å². The van der Waals surface area contributed by atoms with Gasteiger partial charge in [0, 0.05) is 32.2 Å². The second-order valence-electron chi connectivity index (χ2n) is 15.4. The van der Waals surface area contributed by atoms with Crippen molar-refractivity contribution < 1.29 is 25.8 Å². The third kappa shape index (κ3) is 7.47. The molecule has 0 fully saturated rings. The third-order valence-electron chi connectivity index (χ3n) is 10.6. The Kier molecular flexibility index (Phi) is 10.7. The van der Waals surface area contributed by atoms with Crippen LogP contribution in [0.25, 0.3) is 22.3 Å². The Balaban J connectivity index is 0.00000449. The van der Waals surface area contributed by atoms with Crippen molar-refractivity contribution in [2.24, 2.45) is 0 Å². The first-order valence-corrected chi connectivity index (χ1v) is 21.8. The van der Waals surface area contributed by atoms with E-state index in [0.29, 0.717) is 11.5 Å². The van der Waals surface area contributed by atoms with Crippen molar-refractivity contribution in [2.75, 3.05) is 14.7 Å². The predicted molar refractivity (Wildman–Crippen MR) is 239 cm³/mol. The quantitative estimate of drug-likeness (QED) is 0.117. The second kappa shape index (κ2) is 16.2. The van der Waals surface area contributed by atoms with E-state index < -0.39 is 20.9 Å². The summed E-state index contributed by atoms with van der Waals surface area (Å²) in [7, 11) is 0. The van der Waals surface area contributed by atoms with E-state index in [1.54, 1.807) is 0 Å². The molecule has 0 atom stereocenters. The molecule has 0 spiro atoms. The first-order valence-electron chi connectivity index (χ1n) is 19.5. The van der Waals surface area contributed by atoms with Crippen molar-refractivity contribution in [3.63, 3.8) is 0 Å². The molecule has 59 heavy (non-hydrogen) atoms. The number of aromatic nitrogens is 1. The molecule has 0 bridgehead atoms. The molecular weight excluding hydrogens is 1020 g/mol. The number of para-hydroxylation sites is 4. The van der Waals surface area contributed by atoms with Crippen molar-refractivity contribution in [2.45, 2.75) is 26.2 Å². The molecule has 0 saturated carbocycles. The van der Waals surface area contributed by atoms with Gasteiger partial charge < -0.3 is 0 Å². The van der Waals surface area contributed by atoms with Crippen LogP contribution in [0.4, 0.5) is 39.9 Å². The second-order valence-corrected chi connectivity index (χ2v) is 18.5. The maximum atomic E-state index is 6.65. The van der Waals surface area contributed by atoms with E-state index in [1.165, 1.54) is 12.8 Å². The van der Waals surface area contributed by atoms with Crippen LogP contribution in [0.2, 0.25) is 0 Å². The van der Waals surface area contributed by atoms with Crippen LogP contribution in [-0.2, 0) is 26.5 Å². The zero-order chi connectivity index (χ0) is 39.2. The molecule has 0 unspecified atom stereocenters. The van der Waals surface area contributed by atoms with Crippen LogP contribution in [0.15, 0.2) is 176 Å². The Morgan fingerprint density at radius 1 is 0.576 bits per heavy atom. The molecule has 0 amide bonds. The summed E-state index contributed by atoms with van der Waals surface area (Å²) in [5.74, 6) is 2.12. The van der Waals surface area contributed by atoms with Crippen molar-refractivity contribution >= 4 is 68.1 Å². The maximum absolute atomic E-state index is 6.65. The smallest absolute Gasteiger partial charge is 0 e. The van der Waals surface area contributed by atoms with Crippen LogP contribution in [0, 0.1) is 18.8 Å². The summed E-state index contributed by atoms with van der Waals surface area (Å²) in [6, 6.07) is 67.0. The number of benzene rings is 7. The molecule has 2 aliphatic rings. The molecule has 5 nitrogen and oxygen atoms in total. The predicted octanol–water partition coefficient (Wildman–Crippen LogP) is 12.0. The Morgan fingerprint density at radius 2 is 1.19 bits per heavy atom. The zero-order valence-electron chi connectivity index (χ0n) is 32.7. The summed E-state index contributed by atoms with van der Waals surface area (Å²) >= 11 is -0.648. The standard InChI is InChI=1S/C52H39N4OTe.Pt/c1-52(2,3)38-30-31-53-50(32-38)56-46-26-12-13-27-48(46)58-49-29-28-41(34-47(49)56)57-40-21-14-20-39(33-40)54-35-55(45-25-11-10-24-44(45)54)51-42(36-16-6-4-7-17-36)22-15-23-43(51)37-18-8-5-9-19-37;/h4-32,35H,1-3H3;/q-3;. The number of ether oxygens (including phenoxy) is 1. The van der Waals surface area contributed by atoms with E-state index >= 15 is 0 Å². The van der Waals surface area contributed by atoms with E-state index in [4.69, 9.17) is 9.72 Å². The van der Waals surface area contributed by atoms with Gasteiger partial charge in [-0.3, -0.25) is 0 Å². The SMILES string of the molecule is CC(C)(C)c1ccnc(N2c3[c-]c(Oc4[c-]c(N5[CH-]N(c6c(-c7ccccc7)cccc6-c6ccccc6)c6ccccc65)ccc4)ccc3[Te]c3ccccc32)c1.[Pt]. The number of pyridine rings is 1. The summed E-state index contributed by atoms with van der Waals surface area (Å²) in [4.78, 5) is 11.7. The number of hydrogen-bond acceptors (Lipinski definition) is 5. The molecule has 10 rings (SSSR count). The number of nitrogens with zero attached hydrogens (tertiary/aromatic N) is 4. The van der Waals surface area contributed by atoms with Crippen molar-refractivity contribution in [1.82, 2.24) is 4.98 Å². The third-order valence-corrected chi connectivity index (χ3v) is 13.7. The maximum Gasteiger partial charge on any atom is 0 e. The molecule has 7 aromatic carbocycles. The number of rotatable bonds is 7. The Hall–Kier alpha value is -5.63. The van der Waals surface area contributed by atoms with Gasteiger partial charge in [0.1, 0.15) is 0 Å². The molecule has 0 aliphatic carbocycles. The minimum atomic E-state index is -0.648. The van der Waals surface area contributed by atoms with E-state index in [1.807, 2.05) is 24.4 Å². The van der Waals surface area contributed by atoms with Crippen LogP contribution in [0.3, 0.4) is 0 Å². The first-order chi connectivity index (χ1) is 28.4. The number of hydrogen-bond donors (Lipinski definition) is 0. The Bertz CT molecular complexity index is 2730. The summed E-state index contributed by atoms with van der Waals surface area (Å²) in [6.45, 7) is 8.89. The minimum absolute atomic E-state index is 0. The fraction of sp³-hybridized carbons (Fsp3) is 0.0769. The van der Waals surface area contributed by atoms with Crippen molar-refractivity contribution in [3.8, 4) is 33.8 Å². The molecule has 0 saturated heterocycles. The molecule has 0 N–H and O–H groups in total. The monoisotopic (exact) mass is 1060 g/mol. The summed E-state index contributed by atoms with van der Waals surface area (Å²) < 4.78 is 9.33. The fourth-order valence-corrected chi connectivity index (χ4v) is 10.6. The number of fused-ring (bicyclic) bond motifs is 3. The Morgan fingerprint density at radius 3 is 1.88 bits per heavy atom. The molecule has 8 aromatic rings. The van der Waals surface area contributed by atoms with Gasteiger partial charge in [-0.1, -0.05) is 84.9 Å². The van der Waals surface area contributed by atoms with Crippen LogP contribution < -0.4 is 26.7 Å². The normalized spacial score (nSPS) is 13.0. The van der Waals surface area contributed by atoms with Gasteiger partial charge >= 0.3 is 246 Å². The van der Waals surface area contributed by atoms with Crippen LogP contribution in [0.5, 0.6) is 11.5 Å².